The summed E-state index contributed by atoms with van der Waals surface area (Å²) in [5, 5.41) is 6.21. The molecule has 0 radical (unpaired) electrons. The van der Waals surface area contributed by atoms with Crippen molar-refractivity contribution in [2.45, 2.75) is 25.3 Å². The maximum Gasteiger partial charge on any atom is 0.255 e. The van der Waals surface area contributed by atoms with Gasteiger partial charge < -0.3 is 20.8 Å². The van der Waals surface area contributed by atoms with Crippen LogP contribution in [0.1, 0.15) is 40.0 Å². The minimum Gasteiger partial charge on any atom is -0.455 e. The molecule has 1 fully saturated rings. The zero-order valence-corrected chi connectivity index (χ0v) is 20.2. The number of furan rings is 1. The molecule has 188 valence electrons. The van der Waals surface area contributed by atoms with E-state index in [9.17, 15) is 18.8 Å². The lowest BCUT2D eigenvalue weighted by atomic mass is 9.98. The van der Waals surface area contributed by atoms with E-state index in [0.29, 0.717) is 39.8 Å². The molecule has 5 rings (SSSR count). The van der Waals surface area contributed by atoms with Crippen LogP contribution < -0.4 is 16.4 Å². The fraction of sp³-hybridized carbons (Fsp3) is 0.207. The molecular weight excluding hydrogens is 473 g/mol. The second-order valence-electron chi connectivity index (χ2n) is 9.20. The van der Waals surface area contributed by atoms with Gasteiger partial charge in [-0.25, -0.2) is 4.39 Å². The maximum atomic E-state index is 13.5. The lowest BCUT2D eigenvalue weighted by molar-refractivity contribution is -0.122. The summed E-state index contributed by atoms with van der Waals surface area (Å²) in [6, 6.07) is 18.1. The Hall–Kier alpha value is -4.46. The Kier molecular flexibility index (Phi) is 6.48. The molecule has 7 nitrogen and oxygen atoms in total. The standard InChI is InChI=1S/C29H26FN3O4/c1-32-29(36)25-22-15-18(10-13-24(22)37-26(25)16-8-11-20(30)12-9-16)17-4-2-5-19(14-17)28(35)33-23-7-3-6-21(23)27(31)34/h2,4-5,8-15,21,23H,3,6-7H2,1H3,(H2,31,34)(H,32,36)(H,33,35)/t21-,23+/m1/s1. The molecule has 1 aliphatic rings. The van der Waals surface area contributed by atoms with Gasteiger partial charge in [0.2, 0.25) is 5.91 Å². The monoisotopic (exact) mass is 499 g/mol. The Balaban J connectivity index is 1.50. The lowest BCUT2D eigenvalue weighted by Crippen LogP contribution is -2.42. The first-order valence-corrected chi connectivity index (χ1v) is 12.1. The number of primary amides is 1. The third kappa shape index (κ3) is 4.70. The van der Waals surface area contributed by atoms with Gasteiger partial charge >= 0.3 is 0 Å². The van der Waals surface area contributed by atoms with Gasteiger partial charge in [-0.2, -0.15) is 0 Å². The smallest absolute Gasteiger partial charge is 0.255 e. The van der Waals surface area contributed by atoms with Crippen LogP contribution in [0.15, 0.2) is 71.1 Å². The van der Waals surface area contributed by atoms with Gasteiger partial charge in [-0.3, -0.25) is 14.4 Å². The molecule has 0 saturated heterocycles. The second-order valence-corrected chi connectivity index (χ2v) is 9.20. The third-order valence-corrected chi connectivity index (χ3v) is 6.90. The molecule has 8 heteroatoms. The summed E-state index contributed by atoms with van der Waals surface area (Å²) in [6.45, 7) is 0. The first-order valence-electron chi connectivity index (χ1n) is 12.1. The number of carbonyl (C=O) groups excluding carboxylic acids is 3. The second kappa shape index (κ2) is 9.89. The molecule has 1 saturated carbocycles. The van der Waals surface area contributed by atoms with Crippen molar-refractivity contribution in [2.75, 3.05) is 7.05 Å². The predicted octanol–water partition coefficient (Wildman–Crippen LogP) is 4.65. The van der Waals surface area contributed by atoms with Crippen molar-refractivity contribution in [3.63, 3.8) is 0 Å². The average molecular weight is 500 g/mol. The van der Waals surface area contributed by atoms with E-state index in [1.54, 1.807) is 36.4 Å². The fourth-order valence-corrected chi connectivity index (χ4v) is 5.00. The van der Waals surface area contributed by atoms with Gasteiger partial charge in [0.1, 0.15) is 17.2 Å². The van der Waals surface area contributed by atoms with Crippen LogP contribution in [0.4, 0.5) is 4.39 Å². The van der Waals surface area contributed by atoms with Gasteiger partial charge in [0.15, 0.2) is 0 Å². The van der Waals surface area contributed by atoms with Crippen molar-refractivity contribution < 1.29 is 23.2 Å². The van der Waals surface area contributed by atoms with Gasteiger partial charge in [0, 0.05) is 29.6 Å². The number of nitrogens with two attached hydrogens (primary N) is 1. The Morgan fingerprint density at radius 2 is 1.65 bits per heavy atom. The number of nitrogens with one attached hydrogen (secondary N) is 2. The summed E-state index contributed by atoms with van der Waals surface area (Å²) >= 11 is 0. The van der Waals surface area contributed by atoms with E-state index in [0.717, 1.165) is 24.0 Å². The molecular formula is C29H26FN3O4. The van der Waals surface area contributed by atoms with E-state index in [1.807, 2.05) is 18.2 Å². The van der Waals surface area contributed by atoms with Gasteiger partial charge in [-0.05, 0) is 72.5 Å². The minimum atomic E-state index is -0.392. The molecule has 1 aliphatic carbocycles. The molecule has 0 unspecified atom stereocenters. The predicted molar refractivity (Wildman–Crippen MR) is 138 cm³/mol. The lowest BCUT2D eigenvalue weighted by Gasteiger charge is -2.18. The summed E-state index contributed by atoms with van der Waals surface area (Å²) < 4.78 is 19.5. The highest BCUT2D eigenvalue weighted by Gasteiger charge is 2.32. The molecule has 4 aromatic rings. The van der Waals surface area contributed by atoms with Crippen LogP contribution >= 0.6 is 0 Å². The number of hydrogen-bond donors (Lipinski definition) is 3. The van der Waals surface area contributed by atoms with Crippen molar-refractivity contribution >= 4 is 28.7 Å². The van der Waals surface area contributed by atoms with Gasteiger partial charge in [0.05, 0.1) is 11.5 Å². The summed E-state index contributed by atoms with van der Waals surface area (Å²) in [5.41, 5.74) is 8.95. The Labute approximate surface area is 212 Å². The van der Waals surface area contributed by atoms with Gasteiger partial charge in [-0.1, -0.05) is 24.6 Å². The van der Waals surface area contributed by atoms with Crippen LogP contribution in [-0.2, 0) is 4.79 Å². The van der Waals surface area contributed by atoms with Gasteiger partial charge in [0.25, 0.3) is 11.8 Å². The topological polar surface area (TPSA) is 114 Å². The van der Waals surface area contributed by atoms with E-state index >= 15 is 0 Å². The van der Waals surface area contributed by atoms with Crippen molar-refractivity contribution in [2.24, 2.45) is 11.7 Å². The van der Waals surface area contributed by atoms with Crippen LogP contribution in [0, 0.1) is 11.7 Å². The summed E-state index contributed by atoms with van der Waals surface area (Å²) in [4.78, 5) is 37.5. The highest BCUT2D eigenvalue weighted by atomic mass is 19.1. The Bertz CT molecular complexity index is 1510. The third-order valence-electron chi connectivity index (χ3n) is 6.90. The molecule has 3 amide bonds. The van der Waals surface area contributed by atoms with Crippen LogP contribution in [-0.4, -0.2) is 30.8 Å². The summed E-state index contributed by atoms with van der Waals surface area (Å²) in [5.74, 6) is -1.38. The highest BCUT2D eigenvalue weighted by molar-refractivity contribution is 6.11. The number of halogens is 1. The molecule has 1 aromatic heterocycles. The number of rotatable bonds is 6. The first kappa shape index (κ1) is 24.2. The normalized spacial score (nSPS) is 17.0. The van der Waals surface area contributed by atoms with Crippen LogP contribution in [0.5, 0.6) is 0 Å². The molecule has 0 bridgehead atoms. The van der Waals surface area contributed by atoms with E-state index < -0.39 is 5.91 Å². The Morgan fingerprint density at radius 3 is 2.38 bits per heavy atom. The Morgan fingerprint density at radius 1 is 0.919 bits per heavy atom. The van der Waals surface area contributed by atoms with E-state index in [1.165, 1.54) is 19.2 Å². The minimum absolute atomic E-state index is 0.268. The number of amides is 3. The quantitative estimate of drug-likeness (QED) is 0.358. The number of hydrogen-bond acceptors (Lipinski definition) is 4. The number of fused-ring (bicyclic) bond motifs is 1. The molecule has 2 atom stereocenters. The van der Waals surface area contributed by atoms with Crippen LogP contribution in [0.25, 0.3) is 33.4 Å². The zero-order chi connectivity index (χ0) is 26.1. The average Bonchev–Trinajstić information content (AvgIpc) is 3.53. The number of benzene rings is 3. The van der Waals surface area contributed by atoms with Gasteiger partial charge in [-0.15, -0.1) is 0 Å². The van der Waals surface area contributed by atoms with Crippen molar-refractivity contribution in [3.05, 3.63) is 83.7 Å². The molecule has 0 aliphatic heterocycles. The molecule has 3 aromatic carbocycles. The maximum absolute atomic E-state index is 13.5. The largest absolute Gasteiger partial charge is 0.455 e. The molecule has 37 heavy (non-hydrogen) atoms. The zero-order valence-electron chi connectivity index (χ0n) is 20.2. The van der Waals surface area contributed by atoms with Crippen molar-refractivity contribution in [1.82, 2.24) is 10.6 Å². The molecule has 0 spiro atoms. The van der Waals surface area contributed by atoms with Crippen molar-refractivity contribution in [3.8, 4) is 22.5 Å². The highest BCUT2D eigenvalue weighted by Crippen LogP contribution is 2.36. The SMILES string of the molecule is CNC(=O)c1c(-c2ccc(F)cc2)oc2ccc(-c3cccc(C(=O)N[C@H]4CCC[C@H]4C(N)=O)c3)cc12. The summed E-state index contributed by atoms with van der Waals surface area (Å²) in [6.07, 6.45) is 2.24. The van der Waals surface area contributed by atoms with E-state index in [-0.39, 0.29) is 29.6 Å². The van der Waals surface area contributed by atoms with Crippen molar-refractivity contribution in [1.29, 1.82) is 0 Å². The fourth-order valence-electron chi connectivity index (χ4n) is 5.00. The van der Waals surface area contributed by atoms with Crippen LogP contribution in [0.3, 0.4) is 0 Å². The first-order chi connectivity index (χ1) is 17.9. The molecule has 4 N–H and O–H groups in total. The summed E-state index contributed by atoms with van der Waals surface area (Å²) in [7, 11) is 1.54. The van der Waals surface area contributed by atoms with E-state index in [4.69, 9.17) is 10.2 Å². The number of carbonyl (C=O) groups is 3. The van der Waals surface area contributed by atoms with Crippen LogP contribution in [0.2, 0.25) is 0 Å². The van der Waals surface area contributed by atoms with E-state index in [2.05, 4.69) is 10.6 Å². The molecule has 1 heterocycles.